The monoisotopic (exact) mass is 379 g/mol. The van der Waals surface area contributed by atoms with Gasteiger partial charge in [0, 0.05) is 29.7 Å². The van der Waals surface area contributed by atoms with Crippen molar-refractivity contribution >= 4 is 23.8 Å². The maximum absolute atomic E-state index is 12.7. The van der Waals surface area contributed by atoms with Gasteiger partial charge in [-0.3, -0.25) is 4.90 Å². The number of alkyl halides is 3. The molecule has 1 aromatic rings. The number of aromatic nitrogens is 2. The molecule has 1 aromatic heterocycles. The van der Waals surface area contributed by atoms with Crippen molar-refractivity contribution < 1.29 is 17.4 Å². The van der Waals surface area contributed by atoms with E-state index in [0.29, 0.717) is 11.1 Å². The summed E-state index contributed by atoms with van der Waals surface area (Å²) in [5.41, 5.74) is -0.757. The third-order valence-electron chi connectivity index (χ3n) is 4.84. The van der Waals surface area contributed by atoms with E-state index in [4.69, 9.17) is 4.18 Å². The Balaban J connectivity index is 1.62. The number of hydrogen-bond donors (Lipinski definition) is 0. The molecule has 0 spiro atoms. The van der Waals surface area contributed by atoms with Crippen molar-refractivity contribution in [3.05, 3.63) is 18.1 Å². The van der Waals surface area contributed by atoms with Crippen molar-refractivity contribution in [2.24, 2.45) is 0 Å². The molecule has 0 radical (unpaired) electrons. The quantitative estimate of drug-likeness (QED) is 0.424. The highest BCUT2D eigenvalue weighted by Crippen LogP contribution is 2.44. The number of fused-ring (bicyclic) bond motifs is 1. The van der Waals surface area contributed by atoms with Gasteiger partial charge in [0.25, 0.3) is 0 Å². The summed E-state index contributed by atoms with van der Waals surface area (Å²) in [6.45, 7) is 1.77. The van der Waals surface area contributed by atoms with Crippen molar-refractivity contribution in [1.29, 1.82) is 0 Å². The van der Waals surface area contributed by atoms with Crippen molar-refractivity contribution in [2.45, 2.75) is 48.5 Å². The molecule has 24 heavy (non-hydrogen) atoms. The zero-order chi connectivity index (χ0) is 17.2. The summed E-state index contributed by atoms with van der Waals surface area (Å²) in [5.74, 6) is 0.745. The Hall–Kier alpha value is -0.510. The van der Waals surface area contributed by atoms with Crippen LogP contribution in [0.1, 0.15) is 31.4 Å². The highest BCUT2D eigenvalue weighted by molar-refractivity contribution is 7.99. The molecule has 2 aliphatic heterocycles. The Morgan fingerprint density at radius 2 is 2.21 bits per heavy atom. The molecule has 3 rings (SSSR count). The lowest BCUT2D eigenvalue weighted by molar-refractivity contribution is -0.141. The van der Waals surface area contributed by atoms with Crippen molar-refractivity contribution in [1.82, 2.24) is 14.9 Å². The first-order valence-electron chi connectivity index (χ1n) is 7.89. The molecular weight excluding hydrogens is 359 g/mol. The van der Waals surface area contributed by atoms with Crippen LogP contribution in [0.2, 0.25) is 0 Å². The van der Waals surface area contributed by atoms with Gasteiger partial charge in [-0.25, -0.2) is 9.97 Å². The Morgan fingerprint density at radius 1 is 1.38 bits per heavy atom. The zero-order valence-electron chi connectivity index (χ0n) is 13.4. The first-order valence-corrected chi connectivity index (χ1v) is 10.0. The fraction of sp³-hybridized carbons (Fsp3) is 0.733. The largest absolute Gasteiger partial charge is 0.433 e. The lowest BCUT2D eigenvalue weighted by atomic mass is 9.95. The van der Waals surface area contributed by atoms with E-state index in [9.17, 15) is 13.2 Å². The summed E-state index contributed by atoms with van der Waals surface area (Å²) in [4.78, 5) is 9.78. The van der Waals surface area contributed by atoms with E-state index in [1.165, 1.54) is 23.8 Å². The van der Waals surface area contributed by atoms with Crippen LogP contribution in [0, 0.1) is 0 Å². The second kappa shape index (κ2) is 7.39. The molecule has 2 aliphatic rings. The summed E-state index contributed by atoms with van der Waals surface area (Å²) in [6.07, 6.45) is 2.94. The number of halogens is 3. The SMILES string of the molecule is CSOC[C@@]12CCCN1[C@H](CSc1cc(C(F)(F)F)ncn1)CC2. The maximum atomic E-state index is 12.7. The van der Waals surface area contributed by atoms with E-state index in [-0.39, 0.29) is 5.54 Å². The molecule has 2 saturated heterocycles. The van der Waals surface area contributed by atoms with Crippen LogP contribution >= 0.6 is 23.8 Å². The Bertz CT molecular complexity index is 575. The van der Waals surface area contributed by atoms with Crippen molar-refractivity contribution in [3.8, 4) is 0 Å². The molecule has 0 aromatic carbocycles. The summed E-state index contributed by atoms with van der Waals surface area (Å²) >= 11 is 2.77. The second-order valence-electron chi connectivity index (χ2n) is 6.19. The number of rotatable bonds is 6. The smallest absolute Gasteiger partial charge is 0.314 e. The average molecular weight is 379 g/mol. The first-order chi connectivity index (χ1) is 11.4. The summed E-state index contributed by atoms with van der Waals surface area (Å²) < 4.78 is 43.8. The molecule has 2 atom stereocenters. The zero-order valence-corrected chi connectivity index (χ0v) is 15.0. The molecule has 0 N–H and O–H groups in total. The van der Waals surface area contributed by atoms with Crippen LogP contribution in [-0.2, 0) is 10.4 Å². The number of hydrogen-bond acceptors (Lipinski definition) is 6. The fourth-order valence-electron chi connectivity index (χ4n) is 3.71. The molecule has 0 bridgehead atoms. The van der Waals surface area contributed by atoms with Crippen LogP contribution in [0.5, 0.6) is 0 Å². The van der Waals surface area contributed by atoms with E-state index in [1.54, 1.807) is 0 Å². The molecule has 4 nitrogen and oxygen atoms in total. The number of thioether (sulfide) groups is 1. The molecule has 0 unspecified atom stereocenters. The van der Waals surface area contributed by atoms with E-state index in [1.807, 2.05) is 6.26 Å². The molecule has 2 fully saturated rings. The van der Waals surface area contributed by atoms with Gasteiger partial charge in [-0.2, -0.15) is 13.2 Å². The minimum atomic E-state index is -4.43. The van der Waals surface area contributed by atoms with Gasteiger partial charge >= 0.3 is 6.18 Å². The lowest BCUT2D eigenvalue weighted by Gasteiger charge is -2.34. The third kappa shape index (κ3) is 3.84. The molecule has 134 valence electrons. The Kier molecular flexibility index (Phi) is 5.63. The van der Waals surface area contributed by atoms with Gasteiger partial charge in [-0.1, -0.05) is 0 Å². The maximum Gasteiger partial charge on any atom is 0.433 e. The molecule has 0 aliphatic carbocycles. The van der Waals surface area contributed by atoms with E-state index in [2.05, 4.69) is 14.9 Å². The average Bonchev–Trinajstić information content (AvgIpc) is 3.10. The van der Waals surface area contributed by atoms with Gasteiger partial charge in [-0.05, 0) is 44.3 Å². The predicted octanol–water partition coefficient (Wildman–Crippen LogP) is 3.88. The van der Waals surface area contributed by atoms with Crippen LogP contribution in [0.25, 0.3) is 0 Å². The summed E-state index contributed by atoms with van der Waals surface area (Å²) in [6, 6.07) is 1.40. The van der Waals surface area contributed by atoms with Crippen molar-refractivity contribution in [2.75, 3.05) is 25.2 Å². The van der Waals surface area contributed by atoms with E-state index in [0.717, 1.165) is 57.0 Å². The normalized spacial score (nSPS) is 27.6. The van der Waals surface area contributed by atoms with Crippen LogP contribution in [-0.4, -0.2) is 51.6 Å². The Labute approximate surface area is 148 Å². The minimum absolute atomic E-state index is 0.122. The molecule has 9 heteroatoms. The minimum Gasteiger partial charge on any atom is -0.314 e. The van der Waals surface area contributed by atoms with E-state index >= 15 is 0 Å². The van der Waals surface area contributed by atoms with Gasteiger partial charge < -0.3 is 4.18 Å². The lowest BCUT2D eigenvalue weighted by Crippen LogP contribution is -2.46. The van der Waals surface area contributed by atoms with Gasteiger partial charge in [0.1, 0.15) is 17.0 Å². The van der Waals surface area contributed by atoms with Crippen LogP contribution in [0.3, 0.4) is 0 Å². The van der Waals surface area contributed by atoms with Gasteiger partial charge in [-0.15, -0.1) is 11.8 Å². The third-order valence-corrected chi connectivity index (χ3v) is 6.26. The van der Waals surface area contributed by atoms with Gasteiger partial charge in [0.05, 0.1) is 6.61 Å². The van der Waals surface area contributed by atoms with Crippen molar-refractivity contribution in [3.63, 3.8) is 0 Å². The highest BCUT2D eigenvalue weighted by Gasteiger charge is 2.49. The molecule has 0 amide bonds. The van der Waals surface area contributed by atoms with Gasteiger partial charge in [0.2, 0.25) is 0 Å². The summed E-state index contributed by atoms with van der Waals surface area (Å²) in [5, 5.41) is 0.384. The molecule has 3 heterocycles. The highest BCUT2D eigenvalue weighted by atomic mass is 32.2. The van der Waals surface area contributed by atoms with E-state index < -0.39 is 11.9 Å². The fourth-order valence-corrected chi connectivity index (χ4v) is 5.08. The first kappa shape index (κ1) is 18.3. The Morgan fingerprint density at radius 3 is 2.96 bits per heavy atom. The standard InChI is InChI=1S/C15H20F3N3OS2/c1-23-22-9-14-4-2-6-21(14)11(3-5-14)8-24-13-7-12(15(16,17)18)19-10-20-13/h7,10-11H,2-6,8-9H2,1H3/t11-,14-/m0/s1. The van der Waals surface area contributed by atoms with Crippen LogP contribution in [0.4, 0.5) is 13.2 Å². The molecule has 0 saturated carbocycles. The second-order valence-corrected chi connectivity index (χ2v) is 7.80. The topological polar surface area (TPSA) is 38.2 Å². The number of nitrogens with zero attached hydrogens (tertiary/aromatic N) is 3. The molecular formula is C15H20F3N3OS2. The summed E-state index contributed by atoms with van der Waals surface area (Å²) in [7, 11) is 0. The van der Waals surface area contributed by atoms with Gasteiger partial charge in [0.15, 0.2) is 0 Å². The van der Waals surface area contributed by atoms with Crippen LogP contribution < -0.4 is 0 Å². The predicted molar refractivity (Wildman–Crippen MR) is 88.9 cm³/mol. The van der Waals surface area contributed by atoms with Crippen LogP contribution in [0.15, 0.2) is 17.4 Å².